The van der Waals surface area contributed by atoms with Gasteiger partial charge in [-0.05, 0) is 37.1 Å². The Morgan fingerprint density at radius 2 is 1.47 bits per heavy atom. The average Bonchev–Trinajstić information content (AvgIpc) is 2.69. The van der Waals surface area contributed by atoms with E-state index < -0.39 is 10.4 Å². The van der Waals surface area contributed by atoms with Crippen molar-refractivity contribution >= 4 is 21.8 Å². The summed E-state index contributed by atoms with van der Waals surface area (Å²) in [6.07, 6.45) is 2.65. The number of hydrogen-bond donors (Lipinski definition) is 3. The van der Waals surface area contributed by atoms with Gasteiger partial charge in [0.2, 0.25) is 0 Å². The molecule has 0 amide bonds. The summed E-state index contributed by atoms with van der Waals surface area (Å²) >= 11 is 0. The fraction of sp³-hybridized carbons (Fsp3) is 0.400. The van der Waals surface area contributed by atoms with Crippen molar-refractivity contribution in [3.05, 3.63) is 24.3 Å². The molecule has 1 aliphatic rings. The van der Waals surface area contributed by atoms with E-state index in [4.69, 9.17) is 23.3 Å². The summed E-state index contributed by atoms with van der Waals surface area (Å²) in [5, 5.41) is 0. The standard InChI is InChI=1S/C10H14N2.H2O4S/c11-9-3-5-10(6-4-9)12-7-1-2-8-12;1-5(2,3)4/h3-6H,1-2,7-8,11H2;(H2,1,2,3,4). The molecule has 1 fully saturated rings. The maximum Gasteiger partial charge on any atom is 0.394 e. The van der Waals surface area contributed by atoms with Crippen molar-refractivity contribution in [3.8, 4) is 0 Å². The molecular formula is C10H16N2O4S. The Labute approximate surface area is 101 Å². The monoisotopic (exact) mass is 260 g/mol. The fourth-order valence-electron chi connectivity index (χ4n) is 1.66. The van der Waals surface area contributed by atoms with Gasteiger partial charge in [-0.25, -0.2) is 0 Å². The molecule has 1 aromatic carbocycles. The molecule has 0 aromatic heterocycles. The number of nitrogens with zero attached hydrogens (tertiary/aromatic N) is 1. The third kappa shape index (κ3) is 6.10. The van der Waals surface area contributed by atoms with Gasteiger partial charge in [-0.3, -0.25) is 9.11 Å². The van der Waals surface area contributed by atoms with Crippen LogP contribution in [0.2, 0.25) is 0 Å². The SMILES string of the molecule is Nc1ccc(N2CCCC2)cc1.O=S(=O)(O)O. The quantitative estimate of drug-likeness (QED) is 0.518. The molecule has 0 radical (unpaired) electrons. The molecule has 1 aliphatic heterocycles. The Hall–Kier alpha value is -1.31. The van der Waals surface area contributed by atoms with E-state index in [1.165, 1.54) is 31.6 Å². The van der Waals surface area contributed by atoms with Gasteiger partial charge in [-0.1, -0.05) is 0 Å². The molecule has 0 spiro atoms. The zero-order valence-corrected chi connectivity index (χ0v) is 10.1. The highest BCUT2D eigenvalue weighted by Crippen LogP contribution is 2.20. The molecular weight excluding hydrogens is 244 g/mol. The topological polar surface area (TPSA) is 104 Å². The summed E-state index contributed by atoms with van der Waals surface area (Å²) in [6, 6.07) is 8.13. The Morgan fingerprint density at radius 1 is 1.06 bits per heavy atom. The van der Waals surface area contributed by atoms with E-state index >= 15 is 0 Å². The van der Waals surface area contributed by atoms with Crippen LogP contribution in [0, 0.1) is 0 Å². The lowest BCUT2D eigenvalue weighted by atomic mass is 10.2. The first kappa shape index (κ1) is 13.8. The van der Waals surface area contributed by atoms with Crippen molar-refractivity contribution in [3.63, 3.8) is 0 Å². The fourth-order valence-corrected chi connectivity index (χ4v) is 1.66. The molecule has 1 heterocycles. The highest BCUT2D eigenvalue weighted by molar-refractivity contribution is 7.79. The van der Waals surface area contributed by atoms with Crippen LogP contribution in [-0.2, 0) is 10.4 Å². The Bertz CT molecular complexity index is 430. The number of benzene rings is 1. The molecule has 4 N–H and O–H groups in total. The van der Waals surface area contributed by atoms with Crippen molar-refractivity contribution in [2.45, 2.75) is 12.8 Å². The Balaban J connectivity index is 0.000000249. The molecule has 96 valence electrons. The van der Waals surface area contributed by atoms with E-state index in [1.54, 1.807) is 0 Å². The van der Waals surface area contributed by atoms with Gasteiger partial charge in [0.15, 0.2) is 0 Å². The van der Waals surface area contributed by atoms with Crippen molar-refractivity contribution in [1.29, 1.82) is 0 Å². The molecule has 1 aromatic rings. The van der Waals surface area contributed by atoms with Crippen molar-refractivity contribution in [2.75, 3.05) is 23.7 Å². The highest BCUT2D eigenvalue weighted by Gasteiger charge is 2.11. The molecule has 0 saturated carbocycles. The van der Waals surface area contributed by atoms with E-state index in [0.717, 1.165) is 5.69 Å². The van der Waals surface area contributed by atoms with E-state index in [0.29, 0.717) is 0 Å². The number of anilines is 2. The van der Waals surface area contributed by atoms with Crippen LogP contribution in [0.5, 0.6) is 0 Å². The second-order valence-electron chi connectivity index (χ2n) is 3.73. The van der Waals surface area contributed by atoms with Gasteiger partial charge in [0, 0.05) is 24.5 Å². The van der Waals surface area contributed by atoms with Gasteiger partial charge in [0.1, 0.15) is 0 Å². The minimum Gasteiger partial charge on any atom is -0.399 e. The molecule has 6 nitrogen and oxygen atoms in total. The predicted molar refractivity (Wildman–Crippen MR) is 66.5 cm³/mol. The summed E-state index contributed by atoms with van der Waals surface area (Å²) in [6.45, 7) is 2.40. The zero-order chi connectivity index (χ0) is 12.9. The predicted octanol–water partition coefficient (Wildman–Crippen LogP) is 1.22. The third-order valence-electron chi connectivity index (χ3n) is 2.36. The van der Waals surface area contributed by atoms with Gasteiger partial charge in [0.05, 0.1) is 0 Å². The minimum atomic E-state index is -4.67. The molecule has 2 rings (SSSR count). The number of hydrogen-bond acceptors (Lipinski definition) is 4. The Kier molecular flexibility index (Phi) is 4.73. The van der Waals surface area contributed by atoms with Gasteiger partial charge in [0.25, 0.3) is 0 Å². The van der Waals surface area contributed by atoms with Crippen LogP contribution in [-0.4, -0.2) is 30.6 Å². The molecule has 0 atom stereocenters. The van der Waals surface area contributed by atoms with E-state index in [-0.39, 0.29) is 0 Å². The van der Waals surface area contributed by atoms with Crippen LogP contribution in [0.15, 0.2) is 24.3 Å². The number of nitrogens with two attached hydrogens (primary N) is 1. The lowest BCUT2D eigenvalue weighted by molar-refractivity contribution is 0.381. The summed E-state index contributed by atoms with van der Waals surface area (Å²) in [7, 11) is -4.67. The average molecular weight is 260 g/mol. The molecule has 0 aliphatic carbocycles. The van der Waals surface area contributed by atoms with Crippen molar-refractivity contribution in [1.82, 2.24) is 0 Å². The van der Waals surface area contributed by atoms with Crippen LogP contribution in [0.25, 0.3) is 0 Å². The summed E-state index contributed by atoms with van der Waals surface area (Å²) < 4.78 is 31.6. The Morgan fingerprint density at radius 3 is 1.88 bits per heavy atom. The maximum atomic E-state index is 8.74. The summed E-state index contributed by atoms with van der Waals surface area (Å²) in [4.78, 5) is 2.40. The number of rotatable bonds is 1. The van der Waals surface area contributed by atoms with Crippen molar-refractivity contribution < 1.29 is 17.5 Å². The largest absolute Gasteiger partial charge is 0.399 e. The van der Waals surface area contributed by atoms with Gasteiger partial charge in [-0.15, -0.1) is 0 Å². The minimum absolute atomic E-state index is 0.845. The lowest BCUT2D eigenvalue weighted by Gasteiger charge is -2.17. The zero-order valence-electron chi connectivity index (χ0n) is 9.28. The molecule has 7 heteroatoms. The summed E-state index contributed by atoms with van der Waals surface area (Å²) in [5.41, 5.74) is 7.76. The summed E-state index contributed by atoms with van der Waals surface area (Å²) in [5.74, 6) is 0. The molecule has 1 saturated heterocycles. The van der Waals surface area contributed by atoms with Crippen LogP contribution >= 0.6 is 0 Å². The second kappa shape index (κ2) is 5.85. The lowest BCUT2D eigenvalue weighted by Crippen LogP contribution is -2.17. The van der Waals surface area contributed by atoms with Crippen LogP contribution in [0.1, 0.15) is 12.8 Å². The molecule has 0 bridgehead atoms. The third-order valence-corrected chi connectivity index (χ3v) is 2.36. The van der Waals surface area contributed by atoms with Gasteiger partial charge < -0.3 is 10.6 Å². The highest BCUT2D eigenvalue weighted by atomic mass is 32.3. The van der Waals surface area contributed by atoms with Crippen LogP contribution < -0.4 is 10.6 Å². The van der Waals surface area contributed by atoms with Crippen LogP contribution in [0.3, 0.4) is 0 Å². The maximum absolute atomic E-state index is 8.74. The first-order valence-corrected chi connectivity index (χ1v) is 6.56. The van der Waals surface area contributed by atoms with E-state index in [9.17, 15) is 0 Å². The van der Waals surface area contributed by atoms with Crippen LogP contribution in [0.4, 0.5) is 11.4 Å². The number of nitrogen functional groups attached to an aromatic ring is 1. The smallest absolute Gasteiger partial charge is 0.394 e. The van der Waals surface area contributed by atoms with Gasteiger partial charge >= 0.3 is 10.4 Å². The molecule has 17 heavy (non-hydrogen) atoms. The molecule has 0 unspecified atom stereocenters. The van der Waals surface area contributed by atoms with Crippen molar-refractivity contribution in [2.24, 2.45) is 0 Å². The first-order valence-electron chi connectivity index (χ1n) is 5.16. The normalized spacial score (nSPS) is 15.3. The second-order valence-corrected chi connectivity index (χ2v) is 4.63. The van der Waals surface area contributed by atoms with E-state index in [1.807, 2.05) is 12.1 Å². The van der Waals surface area contributed by atoms with Gasteiger partial charge in [-0.2, -0.15) is 8.42 Å². The van der Waals surface area contributed by atoms with E-state index in [2.05, 4.69) is 17.0 Å². The first-order chi connectivity index (χ1) is 7.86.